The van der Waals surface area contributed by atoms with Gasteiger partial charge in [0.25, 0.3) is 0 Å². The molecule has 0 unspecified atom stereocenters. The Kier molecular flexibility index (Phi) is 1.92. The Morgan fingerprint density at radius 2 is 2.45 bits per heavy atom. The van der Waals surface area contributed by atoms with Gasteiger partial charge in [0.2, 0.25) is 0 Å². The van der Waals surface area contributed by atoms with E-state index in [1.165, 1.54) is 11.3 Å². The van der Waals surface area contributed by atoms with E-state index in [-0.39, 0.29) is 0 Å². The quantitative estimate of drug-likeness (QED) is 0.706. The van der Waals surface area contributed by atoms with Crippen LogP contribution in [0.5, 0.6) is 0 Å². The second-order valence-corrected chi connectivity index (χ2v) is 3.60. The molecule has 1 N–H and O–H groups in total. The van der Waals surface area contributed by atoms with Crippen molar-refractivity contribution in [3.63, 3.8) is 0 Å². The highest BCUT2D eigenvalue weighted by atomic mass is 79.9. The summed E-state index contributed by atoms with van der Waals surface area (Å²) in [6, 6.07) is 2.13. The van der Waals surface area contributed by atoms with E-state index >= 15 is 0 Å². The number of hydrogen-bond donors (Lipinski definition) is 1. The average Bonchev–Trinajstić information content (AvgIpc) is 2.04. The van der Waals surface area contributed by atoms with Crippen molar-refractivity contribution in [2.45, 2.75) is 13.0 Å². The Hall–Kier alpha value is -0.410. The predicted molar refractivity (Wildman–Crippen MR) is 47.3 cm³/mol. The van der Waals surface area contributed by atoms with Crippen molar-refractivity contribution in [1.29, 1.82) is 0 Å². The van der Waals surface area contributed by atoms with Crippen LogP contribution in [0.25, 0.3) is 0 Å². The molecule has 2 rings (SSSR count). The first-order valence-corrected chi connectivity index (χ1v) is 4.49. The minimum atomic E-state index is 0.960. The van der Waals surface area contributed by atoms with Crippen molar-refractivity contribution in [1.82, 2.24) is 10.3 Å². The molecule has 1 aliphatic heterocycles. The van der Waals surface area contributed by atoms with Gasteiger partial charge < -0.3 is 5.32 Å². The number of nitrogens with one attached hydrogen (secondary N) is 1. The van der Waals surface area contributed by atoms with Crippen molar-refractivity contribution < 1.29 is 0 Å². The van der Waals surface area contributed by atoms with Crippen molar-refractivity contribution in [2.24, 2.45) is 0 Å². The zero-order valence-electron chi connectivity index (χ0n) is 6.10. The molecule has 3 heteroatoms. The number of aromatic nitrogens is 1. The first-order chi connectivity index (χ1) is 5.36. The summed E-state index contributed by atoms with van der Waals surface area (Å²) >= 11 is 3.40. The van der Waals surface area contributed by atoms with E-state index in [4.69, 9.17) is 0 Å². The third-order valence-electron chi connectivity index (χ3n) is 1.88. The minimum Gasteiger partial charge on any atom is -0.312 e. The van der Waals surface area contributed by atoms with E-state index in [0.29, 0.717) is 0 Å². The molecule has 1 aliphatic rings. The molecule has 0 radical (unpaired) electrons. The Morgan fingerprint density at radius 1 is 1.55 bits per heavy atom. The summed E-state index contributed by atoms with van der Waals surface area (Å²) in [6.45, 7) is 2.02. The maximum Gasteiger partial charge on any atom is 0.0462 e. The van der Waals surface area contributed by atoms with Gasteiger partial charge in [0.1, 0.15) is 0 Å². The van der Waals surface area contributed by atoms with Crippen LogP contribution in [0.15, 0.2) is 16.7 Å². The molecule has 2 heterocycles. The van der Waals surface area contributed by atoms with Gasteiger partial charge >= 0.3 is 0 Å². The molecule has 0 atom stereocenters. The molecule has 0 saturated heterocycles. The molecular formula is C8H9BrN2. The minimum absolute atomic E-state index is 0.960. The molecular weight excluding hydrogens is 204 g/mol. The number of pyridine rings is 1. The van der Waals surface area contributed by atoms with E-state index in [0.717, 1.165) is 24.0 Å². The molecule has 0 aliphatic carbocycles. The van der Waals surface area contributed by atoms with Gasteiger partial charge in [0, 0.05) is 35.9 Å². The lowest BCUT2D eigenvalue weighted by Crippen LogP contribution is -2.24. The maximum atomic E-state index is 4.33. The molecule has 0 bridgehead atoms. The second-order valence-electron chi connectivity index (χ2n) is 2.69. The smallest absolute Gasteiger partial charge is 0.0462 e. The van der Waals surface area contributed by atoms with Crippen molar-refractivity contribution >= 4 is 15.9 Å². The highest BCUT2D eigenvalue weighted by Crippen LogP contribution is 2.16. The Labute approximate surface area is 74.2 Å². The largest absolute Gasteiger partial charge is 0.312 e. The third-order valence-corrected chi connectivity index (χ3v) is 2.31. The lowest BCUT2D eigenvalue weighted by atomic mass is 10.1. The number of halogens is 1. The molecule has 58 valence electrons. The second kappa shape index (κ2) is 2.91. The van der Waals surface area contributed by atoms with Crippen LogP contribution in [0.4, 0.5) is 0 Å². The molecule has 2 nitrogen and oxygen atoms in total. The average molecular weight is 213 g/mol. The first-order valence-electron chi connectivity index (χ1n) is 3.70. The summed E-state index contributed by atoms with van der Waals surface area (Å²) in [5, 5.41) is 3.31. The van der Waals surface area contributed by atoms with Gasteiger partial charge in [0.05, 0.1) is 0 Å². The van der Waals surface area contributed by atoms with Crippen LogP contribution in [-0.2, 0) is 13.0 Å². The molecule has 0 saturated carbocycles. The maximum absolute atomic E-state index is 4.33. The van der Waals surface area contributed by atoms with Crippen LogP contribution in [0.2, 0.25) is 0 Å². The summed E-state index contributed by atoms with van der Waals surface area (Å²) in [5.74, 6) is 0. The van der Waals surface area contributed by atoms with E-state index in [1.54, 1.807) is 0 Å². The Morgan fingerprint density at radius 3 is 3.36 bits per heavy atom. The molecule has 0 aromatic carbocycles. The monoisotopic (exact) mass is 212 g/mol. The number of nitrogens with zero attached hydrogens (tertiary/aromatic N) is 1. The molecule has 11 heavy (non-hydrogen) atoms. The van der Waals surface area contributed by atoms with Crippen LogP contribution in [0.1, 0.15) is 11.3 Å². The SMILES string of the molecule is Brc1cnc2c(c1)CNCC2. The summed E-state index contributed by atoms with van der Waals surface area (Å²) < 4.78 is 1.07. The predicted octanol–water partition coefficient (Wildman–Crippen LogP) is 1.49. The molecule has 1 aromatic rings. The van der Waals surface area contributed by atoms with Gasteiger partial charge in [-0.1, -0.05) is 0 Å². The van der Waals surface area contributed by atoms with E-state index in [1.807, 2.05) is 6.20 Å². The third kappa shape index (κ3) is 1.44. The van der Waals surface area contributed by atoms with Gasteiger partial charge in [-0.3, -0.25) is 4.98 Å². The van der Waals surface area contributed by atoms with Crippen molar-refractivity contribution in [3.8, 4) is 0 Å². The molecule has 0 fully saturated rings. The van der Waals surface area contributed by atoms with Crippen molar-refractivity contribution in [2.75, 3.05) is 6.54 Å². The number of fused-ring (bicyclic) bond motifs is 1. The summed E-state index contributed by atoms with van der Waals surface area (Å²) in [5.41, 5.74) is 2.57. The summed E-state index contributed by atoms with van der Waals surface area (Å²) in [4.78, 5) is 4.33. The summed E-state index contributed by atoms with van der Waals surface area (Å²) in [6.07, 6.45) is 2.92. The fourth-order valence-electron chi connectivity index (χ4n) is 1.32. The van der Waals surface area contributed by atoms with Gasteiger partial charge in [-0.25, -0.2) is 0 Å². The van der Waals surface area contributed by atoms with Crippen LogP contribution in [0.3, 0.4) is 0 Å². The van der Waals surface area contributed by atoms with E-state index in [9.17, 15) is 0 Å². The first kappa shape index (κ1) is 7.25. The zero-order valence-corrected chi connectivity index (χ0v) is 7.69. The molecule has 0 spiro atoms. The van der Waals surface area contributed by atoms with Gasteiger partial charge in [-0.2, -0.15) is 0 Å². The molecule has 0 amide bonds. The lowest BCUT2D eigenvalue weighted by Gasteiger charge is -2.15. The Balaban J connectivity index is 2.43. The Bertz CT molecular complexity index is 273. The highest BCUT2D eigenvalue weighted by Gasteiger charge is 2.08. The fourth-order valence-corrected chi connectivity index (χ4v) is 1.70. The number of hydrogen-bond acceptors (Lipinski definition) is 2. The van der Waals surface area contributed by atoms with Gasteiger partial charge in [-0.15, -0.1) is 0 Å². The van der Waals surface area contributed by atoms with Crippen molar-refractivity contribution in [3.05, 3.63) is 28.0 Å². The number of rotatable bonds is 0. The van der Waals surface area contributed by atoms with E-state index < -0.39 is 0 Å². The van der Waals surface area contributed by atoms with Crippen LogP contribution in [-0.4, -0.2) is 11.5 Å². The van der Waals surface area contributed by atoms with Crippen LogP contribution >= 0.6 is 15.9 Å². The normalized spacial score (nSPS) is 16.1. The van der Waals surface area contributed by atoms with Crippen LogP contribution < -0.4 is 5.32 Å². The topological polar surface area (TPSA) is 24.9 Å². The van der Waals surface area contributed by atoms with Crippen LogP contribution in [0, 0.1) is 0 Å². The van der Waals surface area contributed by atoms with Gasteiger partial charge in [-0.05, 0) is 27.6 Å². The highest BCUT2D eigenvalue weighted by molar-refractivity contribution is 9.10. The fraction of sp³-hybridized carbons (Fsp3) is 0.375. The lowest BCUT2D eigenvalue weighted by molar-refractivity contribution is 0.629. The van der Waals surface area contributed by atoms with E-state index in [2.05, 4.69) is 32.3 Å². The van der Waals surface area contributed by atoms with Gasteiger partial charge in [0.15, 0.2) is 0 Å². The summed E-state index contributed by atoms with van der Waals surface area (Å²) in [7, 11) is 0. The molecule has 1 aromatic heterocycles. The standard InChI is InChI=1S/C8H9BrN2/c9-7-3-6-4-10-2-1-8(6)11-5-7/h3,5,10H,1-2,4H2. The zero-order chi connectivity index (χ0) is 7.68.